The minimum Gasteiger partial charge on any atom is -0.491 e. The Morgan fingerprint density at radius 3 is 2.61 bits per heavy atom. The summed E-state index contributed by atoms with van der Waals surface area (Å²) in [6.45, 7) is 10.6. The molecule has 2 aromatic rings. The lowest BCUT2D eigenvalue weighted by Crippen LogP contribution is -2.50. The summed E-state index contributed by atoms with van der Waals surface area (Å²) in [6.07, 6.45) is 2.01. The standard InChI is InChI=1S/C25H32ClN3O2/c1-19(17-21-7-8-24-22(18-21)9-10-29(24)20(2)30)28-13-11-27(12-14-28)15-16-31-25-6-4-3-5-23(25)26/h3-8,18-19H,9-17H2,1-2H3. The summed E-state index contributed by atoms with van der Waals surface area (Å²) >= 11 is 6.16. The number of ether oxygens (including phenoxy) is 1. The van der Waals surface area contributed by atoms with Crippen LogP contribution >= 0.6 is 11.6 Å². The molecule has 4 rings (SSSR count). The zero-order valence-corrected chi connectivity index (χ0v) is 19.3. The summed E-state index contributed by atoms with van der Waals surface area (Å²) in [5.41, 5.74) is 3.77. The number of rotatable bonds is 7. The minimum absolute atomic E-state index is 0.134. The molecule has 166 valence electrons. The largest absolute Gasteiger partial charge is 0.491 e. The van der Waals surface area contributed by atoms with Gasteiger partial charge >= 0.3 is 0 Å². The summed E-state index contributed by atoms with van der Waals surface area (Å²) in [7, 11) is 0. The molecule has 2 aliphatic rings. The Balaban J connectivity index is 1.22. The van der Waals surface area contributed by atoms with Crippen molar-refractivity contribution in [2.75, 3.05) is 50.8 Å². The van der Waals surface area contributed by atoms with Gasteiger partial charge in [0, 0.05) is 57.9 Å². The fourth-order valence-electron chi connectivity index (χ4n) is 4.65. The van der Waals surface area contributed by atoms with Gasteiger partial charge in [-0.2, -0.15) is 0 Å². The Kier molecular flexibility index (Phi) is 7.16. The maximum Gasteiger partial charge on any atom is 0.223 e. The molecular formula is C25H32ClN3O2. The van der Waals surface area contributed by atoms with Crippen LogP contribution in [0.25, 0.3) is 0 Å². The number of piperazine rings is 1. The number of hydrogen-bond acceptors (Lipinski definition) is 4. The van der Waals surface area contributed by atoms with Crippen LogP contribution in [0, 0.1) is 0 Å². The molecule has 31 heavy (non-hydrogen) atoms. The highest BCUT2D eigenvalue weighted by molar-refractivity contribution is 6.32. The molecule has 2 aromatic carbocycles. The molecule has 1 amide bonds. The summed E-state index contributed by atoms with van der Waals surface area (Å²) in [5, 5.41) is 0.668. The van der Waals surface area contributed by atoms with Gasteiger partial charge in [0.2, 0.25) is 5.91 Å². The van der Waals surface area contributed by atoms with Crippen LogP contribution in [0.2, 0.25) is 5.02 Å². The number of hydrogen-bond donors (Lipinski definition) is 0. The Bertz CT molecular complexity index is 911. The number of carbonyl (C=O) groups excluding carboxylic acids is 1. The number of carbonyl (C=O) groups is 1. The van der Waals surface area contributed by atoms with Crippen molar-refractivity contribution in [1.82, 2.24) is 9.80 Å². The lowest BCUT2D eigenvalue weighted by atomic mass is 10.0. The van der Waals surface area contributed by atoms with Gasteiger partial charge in [-0.25, -0.2) is 0 Å². The second-order valence-electron chi connectivity index (χ2n) is 8.59. The van der Waals surface area contributed by atoms with Crippen LogP contribution in [-0.4, -0.2) is 67.6 Å². The first-order chi connectivity index (χ1) is 15.0. The molecule has 0 spiro atoms. The Hall–Kier alpha value is -2.08. The third-order valence-corrected chi connectivity index (χ3v) is 6.79. The van der Waals surface area contributed by atoms with Crippen LogP contribution in [0.1, 0.15) is 25.0 Å². The van der Waals surface area contributed by atoms with Crippen molar-refractivity contribution >= 4 is 23.2 Å². The van der Waals surface area contributed by atoms with E-state index in [1.807, 2.05) is 29.2 Å². The number of halogens is 1. The quantitative estimate of drug-likeness (QED) is 0.653. The first kappa shape index (κ1) is 22.1. The molecule has 0 radical (unpaired) electrons. The van der Waals surface area contributed by atoms with E-state index in [0.29, 0.717) is 17.7 Å². The second kappa shape index (κ2) is 10.0. The molecule has 1 unspecified atom stereocenters. The fraction of sp³-hybridized carbons (Fsp3) is 0.480. The van der Waals surface area contributed by atoms with Crippen LogP contribution in [-0.2, 0) is 17.6 Å². The van der Waals surface area contributed by atoms with E-state index in [1.54, 1.807) is 6.92 Å². The van der Waals surface area contributed by atoms with Gasteiger partial charge in [-0.05, 0) is 49.1 Å². The van der Waals surface area contributed by atoms with Crippen LogP contribution in [0.4, 0.5) is 5.69 Å². The average Bonchev–Trinajstić information content (AvgIpc) is 3.19. The van der Waals surface area contributed by atoms with E-state index in [4.69, 9.17) is 16.3 Å². The zero-order chi connectivity index (χ0) is 21.8. The van der Waals surface area contributed by atoms with Crippen LogP contribution < -0.4 is 9.64 Å². The van der Waals surface area contributed by atoms with E-state index in [9.17, 15) is 4.79 Å². The lowest BCUT2D eigenvalue weighted by molar-refractivity contribution is -0.116. The fourth-order valence-corrected chi connectivity index (χ4v) is 4.84. The molecule has 6 heteroatoms. The first-order valence-electron chi connectivity index (χ1n) is 11.2. The van der Waals surface area contributed by atoms with Gasteiger partial charge in [-0.15, -0.1) is 0 Å². The number of para-hydroxylation sites is 1. The van der Waals surface area contributed by atoms with Crippen LogP contribution in [0.15, 0.2) is 42.5 Å². The Morgan fingerprint density at radius 1 is 1.10 bits per heavy atom. The normalized spacial score (nSPS) is 18.1. The molecule has 2 heterocycles. The third kappa shape index (κ3) is 5.40. The molecule has 1 saturated heterocycles. The van der Waals surface area contributed by atoms with Gasteiger partial charge in [0.25, 0.3) is 0 Å². The Morgan fingerprint density at radius 2 is 1.87 bits per heavy atom. The second-order valence-corrected chi connectivity index (χ2v) is 9.00. The maximum atomic E-state index is 11.8. The number of fused-ring (bicyclic) bond motifs is 1. The minimum atomic E-state index is 0.134. The molecule has 0 N–H and O–H groups in total. The topological polar surface area (TPSA) is 36.0 Å². The number of nitrogens with zero attached hydrogens (tertiary/aromatic N) is 3. The van der Waals surface area contributed by atoms with Crippen LogP contribution in [0.3, 0.4) is 0 Å². The zero-order valence-electron chi connectivity index (χ0n) is 18.5. The smallest absolute Gasteiger partial charge is 0.223 e. The van der Waals surface area contributed by atoms with Gasteiger partial charge in [-0.3, -0.25) is 14.6 Å². The molecular weight excluding hydrogens is 410 g/mol. The first-order valence-corrected chi connectivity index (χ1v) is 11.6. The predicted octanol–water partition coefficient (Wildman–Crippen LogP) is 3.88. The van der Waals surface area contributed by atoms with Crippen molar-refractivity contribution in [3.05, 3.63) is 58.6 Å². The molecule has 1 fully saturated rings. The van der Waals surface area contributed by atoms with E-state index in [-0.39, 0.29) is 5.91 Å². The predicted molar refractivity (Wildman–Crippen MR) is 126 cm³/mol. The number of anilines is 1. The lowest BCUT2D eigenvalue weighted by Gasteiger charge is -2.38. The number of benzene rings is 2. The van der Waals surface area contributed by atoms with Gasteiger partial charge in [0.15, 0.2) is 0 Å². The highest BCUT2D eigenvalue weighted by atomic mass is 35.5. The molecule has 1 atom stereocenters. The summed E-state index contributed by atoms with van der Waals surface area (Å²) < 4.78 is 5.84. The van der Waals surface area contributed by atoms with Crippen LogP contribution in [0.5, 0.6) is 5.75 Å². The molecule has 0 aliphatic carbocycles. The monoisotopic (exact) mass is 441 g/mol. The van der Waals surface area contributed by atoms with Gasteiger partial charge in [0.05, 0.1) is 5.02 Å². The van der Waals surface area contributed by atoms with Crippen molar-refractivity contribution in [1.29, 1.82) is 0 Å². The highest BCUT2D eigenvalue weighted by Gasteiger charge is 2.24. The molecule has 0 aromatic heterocycles. The van der Waals surface area contributed by atoms with Crippen molar-refractivity contribution in [3.63, 3.8) is 0 Å². The van der Waals surface area contributed by atoms with Crippen molar-refractivity contribution < 1.29 is 9.53 Å². The number of amides is 1. The maximum absolute atomic E-state index is 11.8. The molecule has 5 nitrogen and oxygen atoms in total. The Labute approximate surface area is 190 Å². The molecule has 2 aliphatic heterocycles. The van der Waals surface area contributed by atoms with Crippen molar-refractivity contribution in [2.45, 2.75) is 32.7 Å². The van der Waals surface area contributed by atoms with E-state index in [2.05, 4.69) is 34.9 Å². The summed E-state index contributed by atoms with van der Waals surface area (Å²) in [5.74, 6) is 0.896. The molecule has 0 bridgehead atoms. The third-order valence-electron chi connectivity index (χ3n) is 6.48. The van der Waals surface area contributed by atoms with E-state index < -0.39 is 0 Å². The van der Waals surface area contributed by atoms with Crippen molar-refractivity contribution in [2.24, 2.45) is 0 Å². The van der Waals surface area contributed by atoms with E-state index in [0.717, 1.165) is 63.5 Å². The average molecular weight is 442 g/mol. The van der Waals surface area contributed by atoms with E-state index in [1.165, 1.54) is 11.1 Å². The summed E-state index contributed by atoms with van der Waals surface area (Å²) in [4.78, 5) is 18.7. The SMILES string of the molecule is CC(=O)N1CCc2cc(CC(C)N3CCN(CCOc4ccccc4Cl)CC3)ccc21. The van der Waals surface area contributed by atoms with Gasteiger partial charge in [0.1, 0.15) is 12.4 Å². The van der Waals surface area contributed by atoms with Gasteiger partial charge in [-0.1, -0.05) is 35.9 Å². The van der Waals surface area contributed by atoms with E-state index >= 15 is 0 Å². The molecule has 0 saturated carbocycles. The van der Waals surface area contributed by atoms with Gasteiger partial charge < -0.3 is 9.64 Å². The highest BCUT2D eigenvalue weighted by Crippen LogP contribution is 2.29. The van der Waals surface area contributed by atoms with Crippen molar-refractivity contribution in [3.8, 4) is 5.75 Å². The summed E-state index contributed by atoms with van der Waals surface area (Å²) in [6, 6.07) is 14.8.